The molecule has 4 rings (SSSR count). The molecular formula is C27H28N+. The molecule has 0 spiro atoms. The summed E-state index contributed by atoms with van der Waals surface area (Å²) in [6.07, 6.45) is 0. The van der Waals surface area contributed by atoms with E-state index in [0.717, 1.165) is 16.5 Å². The molecule has 0 bridgehead atoms. The van der Waals surface area contributed by atoms with E-state index < -0.39 is 0 Å². The van der Waals surface area contributed by atoms with Crippen molar-refractivity contribution in [1.82, 2.24) is 0 Å². The molecule has 0 saturated heterocycles. The molecule has 28 heavy (non-hydrogen) atoms. The molecular weight excluding hydrogens is 338 g/mol. The average molecular weight is 368 g/mol. The van der Waals surface area contributed by atoms with Gasteiger partial charge in [-0.2, -0.15) is 4.57 Å². The summed E-state index contributed by atoms with van der Waals surface area (Å²) in [4.78, 5) is 0. The predicted molar refractivity (Wildman–Crippen MR) is 120 cm³/mol. The van der Waals surface area contributed by atoms with Crippen LogP contribution < -0.4 is 4.57 Å². The van der Waals surface area contributed by atoms with Crippen molar-refractivity contribution >= 4 is 10.8 Å². The van der Waals surface area contributed by atoms with Crippen molar-refractivity contribution in [3.63, 3.8) is 0 Å². The van der Waals surface area contributed by atoms with Crippen LogP contribution in [0.5, 0.6) is 0 Å². The van der Waals surface area contributed by atoms with Gasteiger partial charge in [0.2, 0.25) is 5.69 Å². The second-order valence-electron chi connectivity index (χ2n) is 7.94. The van der Waals surface area contributed by atoms with E-state index in [1.165, 1.54) is 33.5 Å². The average Bonchev–Trinajstić information content (AvgIpc) is 2.73. The molecule has 0 aliphatic carbocycles. The van der Waals surface area contributed by atoms with Gasteiger partial charge in [-0.3, -0.25) is 0 Å². The lowest BCUT2D eigenvalue weighted by Gasteiger charge is -2.15. The van der Waals surface area contributed by atoms with E-state index in [2.05, 4.69) is 106 Å². The SMILES string of the molecule is [2H]c1c(C)[n+](C)c(-c2cc(-c3ccccc3)ccc2C)c2cccc(C(C)C)c12. The number of pyridine rings is 1. The normalized spacial score (nSPS) is 11.9. The summed E-state index contributed by atoms with van der Waals surface area (Å²) in [7, 11) is 2.08. The van der Waals surface area contributed by atoms with Crippen LogP contribution in [0.3, 0.4) is 0 Å². The first-order chi connectivity index (χ1) is 13.9. The highest BCUT2D eigenvalue weighted by Gasteiger charge is 2.22. The third-order valence-corrected chi connectivity index (χ3v) is 5.72. The van der Waals surface area contributed by atoms with Crippen LogP contribution in [0.1, 0.15) is 38.0 Å². The lowest BCUT2D eigenvalue weighted by molar-refractivity contribution is -0.665. The molecule has 0 fully saturated rings. The highest BCUT2D eigenvalue weighted by atomic mass is 14.9. The quantitative estimate of drug-likeness (QED) is 0.353. The Labute approximate surface area is 169 Å². The van der Waals surface area contributed by atoms with E-state index in [9.17, 15) is 0 Å². The Bertz CT molecular complexity index is 1210. The summed E-state index contributed by atoms with van der Waals surface area (Å²) in [5.41, 5.74) is 8.33. The lowest BCUT2D eigenvalue weighted by Crippen LogP contribution is -2.35. The van der Waals surface area contributed by atoms with Gasteiger partial charge in [-0.15, -0.1) is 0 Å². The summed E-state index contributed by atoms with van der Waals surface area (Å²) < 4.78 is 11.0. The van der Waals surface area contributed by atoms with Gasteiger partial charge in [0.05, 0.1) is 12.3 Å². The van der Waals surface area contributed by atoms with Crippen LogP contribution >= 0.6 is 0 Å². The number of rotatable bonds is 3. The number of aryl methyl sites for hydroxylation is 1. The maximum Gasteiger partial charge on any atom is 0.220 e. The van der Waals surface area contributed by atoms with Gasteiger partial charge >= 0.3 is 0 Å². The summed E-state index contributed by atoms with van der Waals surface area (Å²) in [6.45, 7) is 8.64. The zero-order chi connectivity index (χ0) is 20.7. The van der Waals surface area contributed by atoms with Gasteiger partial charge in [0.25, 0.3) is 0 Å². The molecule has 0 saturated carbocycles. The number of hydrogen-bond acceptors (Lipinski definition) is 0. The van der Waals surface area contributed by atoms with E-state index in [4.69, 9.17) is 1.37 Å². The van der Waals surface area contributed by atoms with Gasteiger partial charge < -0.3 is 0 Å². The van der Waals surface area contributed by atoms with E-state index in [-0.39, 0.29) is 0 Å². The van der Waals surface area contributed by atoms with E-state index in [0.29, 0.717) is 12.0 Å². The van der Waals surface area contributed by atoms with E-state index in [1.807, 2.05) is 0 Å². The third kappa shape index (κ3) is 3.11. The van der Waals surface area contributed by atoms with Crippen molar-refractivity contribution in [2.24, 2.45) is 7.05 Å². The fourth-order valence-electron chi connectivity index (χ4n) is 4.01. The molecule has 4 aromatic rings. The minimum atomic E-state index is 0.375. The number of nitrogens with zero attached hydrogens (tertiary/aromatic N) is 1. The topological polar surface area (TPSA) is 3.88 Å². The van der Waals surface area contributed by atoms with Gasteiger partial charge in [0.1, 0.15) is 7.05 Å². The van der Waals surface area contributed by atoms with Crippen LogP contribution in [0.15, 0.2) is 72.8 Å². The van der Waals surface area contributed by atoms with Gasteiger partial charge in [-0.1, -0.05) is 68.4 Å². The molecule has 1 heterocycles. The molecule has 0 aliphatic heterocycles. The summed E-state index contributed by atoms with van der Waals surface area (Å²) in [6, 6.07) is 24.3. The molecule has 1 aromatic heterocycles. The van der Waals surface area contributed by atoms with Crippen molar-refractivity contribution in [3.8, 4) is 22.4 Å². The number of aromatic nitrogens is 1. The third-order valence-electron chi connectivity index (χ3n) is 5.72. The van der Waals surface area contributed by atoms with Gasteiger partial charge in [0.15, 0.2) is 5.69 Å². The maximum atomic E-state index is 8.83. The minimum absolute atomic E-state index is 0.375. The highest BCUT2D eigenvalue weighted by molar-refractivity contribution is 5.96. The lowest BCUT2D eigenvalue weighted by atomic mass is 9.91. The van der Waals surface area contributed by atoms with Gasteiger partial charge in [-0.05, 0) is 52.6 Å². The fraction of sp³-hybridized carbons (Fsp3) is 0.222. The minimum Gasteiger partial charge on any atom is -0.198 e. The molecule has 0 amide bonds. The second-order valence-corrected chi connectivity index (χ2v) is 7.94. The van der Waals surface area contributed by atoms with Crippen LogP contribution in [-0.2, 0) is 7.05 Å². The Morgan fingerprint density at radius 3 is 2.29 bits per heavy atom. The molecule has 0 atom stereocenters. The Morgan fingerprint density at radius 1 is 0.821 bits per heavy atom. The zero-order valence-electron chi connectivity index (χ0n) is 18.4. The molecule has 0 unspecified atom stereocenters. The number of fused-ring (bicyclic) bond motifs is 1. The molecule has 0 N–H and O–H groups in total. The van der Waals surface area contributed by atoms with Crippen LogP contribution in [-0.4, -0.2) is 0 Å². The van der Waals surface area contributed by atoms with Crippen molar-refractivity contribution in [2.45, 2.75) is 33.6 Å². The second kappa shape index (κ2) is 7.24. The molecule has 0 aliphatic rings. The Kier molecular flexibility index (Phi) is 4.44. The number of benzene rings is 3. The van der Waals surface area contributed by atoms with Crippen molar-refractivity contribution in [2.75, 3.05) is 0 Å². The van der Waals surface area contributed by atoms with Gasteiger partial charge in [0, 0.05) is 13.0 Å². The first kappa shape index (κ1) is 17.2. The predicted octanol–water partition coefficient (Wildman–Crippen LogP) is 6.74. The monoisotopic (exact) mass is 367 g/mol. The smallest absolute Gasteiger partial charge is 0.198 e. The van der Waals surface area contributed by atoms with Crippen LogP contribution in [0.4, 0.5) is 0 Å². The summed E-state index contributed by atoms with van der Waals surface area (Å²) in [5, 5.41) is 2.24. The van der Waals surface area contributed by atoms with Crippen LogP contribution in [0.2, 0.25) is 0 Å². The molecule has 3 aromatic carbocycles. The fourth-order valence-corrected chi connectivity index (χ4v) is 4.01. The molecule has 0 radical (unpaired) electrons. The molecule has 1 nitrogen and oxygen atoms in total. The van der Waals surface area contributed by atoms with E-state index >= 15 is 0 Å². The van der Waals surface area contributed by atoms with Crippen molar-refractivity contribution < 1.29 is 5.94 Å². The van der Waals surface area contributed by atoms with Crippen molar-refractivity contribution in [1.29, 1.82) is 0 Å². The molecule has 1 heteroatoms. The first-order valence-corrected chi connectivity index (χ1v) is 9.98. The van der Waals surface area contributed by atoms with Crippen molar-refractivity contribution in [3.05, 3.63) is 89.6 Å². The van der Waals surface area contributed by atoms with E-state index in [1.54, 1.807) is 0 Å². The van der Waals surface area contributed by atoms with Gasteiger partial charge in [-0.25, -0.2) is 0 Å². The largest absolute Gasteiger partial charge is 0.220 e. The van der Waals surface area contributed by atoms with Crippen LogP contribution in [0.25, 0.3) is 33.2 Å². The first-order valence-electron chi connectivity index (χ1n) is 10.5. The number of hydrogen-bond donors (Lipinski definition) is 0. The highest BCUT2D eigenvalue weighted by Crippen LogP contribution is 2.34. The Morgan fingerprint density at radius 2 is 1.57 bits per heavy atom. The van der Waals surface area contributed by atoms with Crippen LogP contribution in [0, 0.1) is 13.8 Å². The Hall–Kier alpha value is -2.93. The zero-order valence-corrected chi connectivity index (χ0v) is 17.4. The summed E-state index contributed by atoms with van der Waals surface area (Å²) >= 11 is 0. The molecule has 140 valence electrons. The Balaban J connectivity index is 2.09. The standard InChI is InChI=1S/C27H28N/c1-18(2)23-12-9-13-24-26(23)16-20(4)28(5)27(24)25-17-22(15-14-19(25)3)21-10-7-6-8-11-21/h6-18H,1-5H3/q+1/i16D. The summed E-state index contributed by atoms with van der Waals surface area (Å²) in [5.74, 6) is 0.375. The maximum absolute atomic E-state index is 8.83.